The van der Waals surface area contributed by atoms with E-state index >= 15 is 0 Å². The lowest BCUT2D eigenvalue weighted by atomic mass is 10.2. The topological polar surface area (TPSA) is 66.9 Å². The molecule has 0 aliphatic heterocycles. The van der Waals surface area contributed by atoms with Crippen molar-refractivity contribution in [2.45, 2.75) is 29.6 Å². The van der Waals surface area contributed by atoms with Crippen molar-refractivity contribution in [1.82, 2.24) is 10.2 Å². The van der Waals surface area contributed by atoms with Crippen molar-refractivity contribution < 1.29 is 18.0 Å². The molecule has 0 saturated carbocycles. The molecule has 3 rings (SSSR count). The summed E-state index contributed by atoms with van der Waals surface area (Å²) in [5.74, 6) is -0.419. The van der Waals surface area contributed by atoms with Gasteiger partial charge in [0.1, 0.15) is 0 Å². The summed E-state index contributed by atoms with van der Waals surface area (Å²) >= 11 is 2.48. The molecule has 0 bridgehead atoms. The highest BCUT2D eigenvalue weighted by molar-refractivity contribution is 8.02. The SMILES string of the molecule is Cc1ccc(Nc2nnc(SC(C)C(=O)Nc3cccc(C(F)(F)F)c3)s2)cc1. The highest BCUT2D eigenvalue weighted by Crippen LogP contribution is 2.32. The maximum absolute atomic E-state index is 12.8. The molecule has 0 aliphatic rings. The first-order chi connectivity index (χ1) is 13.7. The van der Waals surface area contributed by atoms with Crippen LogP contribution < -0.4 is 10.6 Å². The molecule has 3 aromatic rings. The summed E-state index contributed by atoms with van der Waals surface area (Å²) in [6.45, 7) is 3.65. The Morgan fingerprint density at radius 1 is 1.10 bits per heavy atom. The molecule has 2 N–H and O–H groups in total. The number of nitrogens with zero attached hydrogens (tertiary/aromatic N) is 2. The van der Waals surface area contributed by atoms with Crippen molar-refractivity contribution in [3.63, 3.8) is 0 Å². The van der Waals surface area contributed by atoms with Crippen molar-refractivity contribution in [3.05, 3.63) is 59.7 Å². The molecule has 10 heteroatoms. The van der Waals surface area contributed by atoms with Crippen molar-refractivity contribution >= 4 is 45.5 Å². The highest BCUT2D eigenvalue weighted by Gasteiger charge is 2.30. The maximum atomic E-state index is 12.8. The van der Waals surface area contributed by atoms with Gasteiger partial charge in [-0.05, 0) is 44.2 Å². The molecule has 2 aromatic carbocycles. The van der Waals surface area contributed by atoms with Crippen LogP contribution in [0, 0.1) is 6.92 Å². The number of benzene rings is 2. The van der Waals surface area contributed by atoms with Gasteiger partial charge >= 0.3 is 6.18 Å². The van der Waals surface area contributed by atoms with Gasteiger partial charge < -0.3 is 10.6 Å². The normalized spacial score (nSPS) is 12.4. The van der Waals surface area contributed by atoms with Gasteiger partial charge in [0.15, 0.2) is 4.34 Å². The number of carbonyl (C=O) groups is 1. The first-order valence-corrected chi connectivity index (χ1v) is 10.2. The van der Waals surface area contributed by atoms with E-state index in [1.54, 1.807) is 6.92 Å². The molecule has 5 nitrogen and oxygen atoms in total. The molecule has 1 aromatic heterocycles. The quantitative estimate of drug-likeness (QED) is 0.481. The second-order valence-corrected chi connectivity index (χ2v) is 8.76. The molecular weight excluding hydrogens is 421 g/mol. The lowest BCUT2D eigenvalue weighted by Crippen LogP contribution is -2.22. The van der Waals surface area contributed by atoms with Crippen LogP contribution in [-0.4, -0.2) is 21.4 Å². The van der Waals surface area contributed by atoms with E-state index in [4.69, 9.17) is 0 Å². The minimum absolute atomic E-state index is 0.0938. The van der Waals surface area contributed by atoms with E-state index in [2.05, 4.69) is 20.8 Å². The van der Waals surface area contributed by atoms with Crippen LogP contribution in [0.2, 0.25) is 0 Å². The second-order valence-electron chi connectivity index (χ2n) is 6.19. The Labute approximate surface area is 173 Å². The van der Waals surface area contributed by atoms with Gasteiger partial charge in [-0.2, -0.15) is 13.2 Å². The number of halogens is 3. The van der Waals surface area contributed by atoms with E-state index < -0.39 is 22.9 Å². The van der Waals surface area contributed by atoms with Crippen LogP contribution >= 0.6 is 23.1 Å². The fraction of sp³-hybridized carbons (Fsp3) is 0.211. The summed E-state index contributed by atoms with van der Waals surface area (Å²) in [5, 5.41) is 13.8. The van der Waals surface area contributed by atoms with Gasteiger partial charge in [0.05, 0.1) is 10.8 Å². The number of hydrogen-bond donors (Lipinski definition) is 2. The van der Waals surface area contributed by atoms with Gasteiger partial charge in [-0.1, -0.05) is 46.9 Å². The van der Waals surface area contributed by atoms with Crippen LogP contribution in [0.3, 0.4) is 0 Å². The number of carbonyl (C=O) groups excluding carboxylic acids is 1. The number of aromatic nitrogens is 2. The average molecular weight is 439 g/mol. The summed E-state index contributed by atoms with van der Waals surface area (Å²) in [5.41, 5.74) is 1.30. The number of alkyl halides is 3. The molecule has 1 atom stereocenters. The van der Waals surface area contributed by atoms with E-state index in [0.29, 0.717) is 9.47 Å². The molecular formula is C19H17F3N4OS2. The third-order valence-corrected chi connectivity index (χ3v) is 5.84. The Hall–Kier alpha value is -2.59. The van der Waals surface area contributed by atoms with Crippen molar-refractivity contribution in [2.24, 2.45) is 0 Å². The largest absolute Gasteiger partial charge is 0.416 e. The standard InChI is InChI=1S/C19H17F3N4OS2/c1-11-6-8-14(9-7-11)24-17-25-26-18(29-17)28-12(2)16(27)23-15-5-3-4-13(10-15)19(20,21)22/h3-10,12H,1-2H3,(H,23,27)(H,24,25). The summed E-state index contributed by atoms with van der Waals surface area (Å²) in [6.07, 6.45) is -4.46. The Morgan fingerprint density at radius 2 is 1.83 bits per heavy atom. The Morgan fingerprint density at radius 3 is 2.52 bits per heavy atom. The minimum atomic E-state index is -4.46. The summed E-state index contributed by atoms with van der Waals surface area (Å²) in [4.78, 5) is 12.3. The van der Waals surface area contributed by atoms with Crippen molar-refractivity contribution in [1.29, 1.82) is 0 Å². The molecule has 152 valence electrons. The first kappa shape index (κ1) is 21.1. The molecule has 0 fully saturated rings. The molecule has 0 spiro atoms. The number of aryl methyl sites for hydroxylation is 1. The van der Waals surface area contributed by atoms with Gasteiger partial charge in [-0.3, -0.25) is 4.79 Å². The zero-order valence-electron chi connectivity index (χ0n) is 15.4. The van der Waals surface area contributed by atoms with E-state index in [9.17, 15) is 18.0 Å². The van der Waals surface area contributed by atoms with Crippen LogP contribution in [0.5, 0.6) is 0 Å². The average Bonchev–Trinajstić information content (AvgIpc) is 3.10. The van der Waals surface area contributed by atoms with Crippen LogP contribution in [0.1, 0.15) is 18.1 Å². The third-order valence-electron chi connectivity index (χ3n) is 3.81. The number of anilines is 3. The Kier molecular flexibility index (Phi) is 6.43. The molecule has 1 amide bonds. The Balaban J connectivity index is 1.59. The van der Waals surface area contributed by atoms with Gasteiger partial charge in [-0.25, -0.2) is 0 Å². The highest BCUT2D eigenvalue weighted by atomic mass is 32.2. The molecule has 29 heavy (non-hydrogen) atoms. The maximum Gasteiger partial charge on any atom is 0.416 e. The van der Waals surface area contributed by atoms with E-state index in [-0.39, 0.29) is 5.69 Å². The second kappa shape index (κ2) is 8.83. The number of nitrogens with one attached hydrogen (secondary N) is 2. The predicted molar refractivity (Wildman–Crippen MR) is 110 cm³/mol. The van der Waals surface area contributed by atoms with Crippen LogP contribution in [0.4, 0.5) is 29.7 Å². The first-order valence-electron chi connectivity index (χ1n) is 8.53. The fourth-order valence-electron chi connectivity index (χ4n) is 2.29. The molecule has 0 saturated heterocycles. The smallest absolute Gasteiger partial charge is 0.330 e. The Bertz CT molecular complexity index is 990. The van der Waals surface area contributed by atoms with Gasteiger partial charge in [0.2, 0.25) is 11.0 Å². The monoisotopic (exact) mass is 438 g/mol. The van der Waals surface area contributed by atoms with Crippen molar-refractivity contribution in [2.75, 3.05) is 10.6 Å². The van der Waals surface area contributed by atoms with Crippen LogP contribution in [0.15, 0.2) is 52.9 Å². The number of thioether (sulfide) groups is 1. The van der Waals surface area contributed by atoms with Gasteiger partial charge in [0, 0.05) is 11.4 Å². The number of rotatable bonds is 6. The molecule has 1 unspecified atom stereocenters. The zero-order chi connectivity index (χ0) is 21.0. The summed E-state index contributed by atoms with van der Waals surface area (Å²) in [6, 6.07) is 12.3. The summed E-state index contributed by atoms with van der Waals surface area (Å²) in [7, 11) is 0. The fourth-order valence-corrected chi connectivity index (χ4v) is 4.21. The van der Waals surface area contributed by atoms with E-state index in [1.165, 1.54) is 35.2 Å². The van der Waals surface area contributed by atoms with Crippen molar-refractivity contribution in [3.8, 4) is 0 Å². The third kappa shape index (κ3) is 5.94. The molecule has 0 radical (unpaired) electrons. The number of amides is 1. The predicted octanol–water partition coefficient (Wildman–Crippen LogP) is 5.73. The lowest BCUT2D eigenvalue weighted by molar-refractivity contribution is -0.137. The lowest BCUT2D eigenvalue weighted by Gasteiger charge is -2.12. The van der Waals surface area contributed by atoms with Gasteiger partial charge in [0.25, 0.3) is 0 Å². The summed E-state index contributed by atoms with van der Waals surface area (Å²) < 4.78 is 39.0. The minimum Gasteiger partial charge on any atom is -0.330 e. The number of hydrogen-bond acceptors (Lipinski definition) is 6. The van der Waals surface area contributed by atoms with Crippen LogP contribution in [0.25, 0.3) is 0 Å². The molecule has 1 heterocycles. The zero-order valence-corrected chi connectivity index (χ0v) is 17.1. The van der Waals surface area contributed by atoms with E-state index in [0.717, 1.165) is 23.4 Å². The van der Waals surface area contributed by atoms with Gasteiger partial charge in [-0.15, -0.1) is 10.2 Å². The van der Waals surface area contributed by atoms with E-state index in [1.807, 2.05) is 31.2 Å². The van der Waals surface area contributed by atoms with Crippen LogP contribution in [-0.2, 0) is 11.0 Å². The molecule has 0 aliphatic carbocycles.